The quantitative estimate of drug-likeness (QED) is 0.345. The van der Waals surface area contributed by atoms with E-state index in [0.29, 0.717) is 37.5 Å². The summed E-state index contributed by atoms with van der Waals surface area (Å²) in [5, 5.41) is 11.0. The van der Waals surface area contributed by atoms with Crippen molar-refractivity contribution in [2.24, 2.45) is 0 Å². The lowest BCUT2D eigenvalue weighted by Crippen LogP contribution is -2.41. The van der Waals surface area contributed by atoms with Crippen molar-refractivity contribution >= 4 is 34.9 Å². The number of para-hydroxylation sites is 1. The van der Waals surface area contributed by atoms with Crippen LogP contribution in [-0.2, 0) is 20.9 Å². The molecule has 10 nitrogen and oxygen atoms in total. The highest BCUT2D eigenvalue weighted by Gasteiger charge is 2.33. The summed E-state index contributed by atoms with van der Waals surface area (Å²) in [4.78, 5) is 37.3. The lowest BCUT2D eigenvalue weighted by Gasteiger charge is -2.25. The third-order valence-corrected chi connectivity index (χ3v) is 6.55. The number of hydroxylamine groups is 1. The number of aromatic nitrogens is 1. The monoisotopic (exact) mass is 506 g/mol. The maximum atomic E-state index is 12.1. The number of anilines is 1. The van der Waals surface area contributed by atoms with Crippen LogP contribution >= 0.6 is 0 Å². The number of benzene rings is 1. The number of nitrogens with zero attached hydrogens (tertiary/aromatic N) is 3. The number of hydrogen-bond donors (Lipinski definition) is 2. The van der Waals surface area contributed by atoms with Gasteiger partial charge in [0.05, 0.1) is 12.6 Å². The Morgan fingerprint density at radius 2 is 2.11 bits per heavy atom. The molecule has 2 amide bonds. The predicted molar refractivity (Wildman–Crippen MR) is 136 cm³/mol. The van der Waals surface area contributed by atoms with Crippen molar-refractivity contribution in [1.82, 2.24) is 15.4 Å². The van der Waals surface area contributed by atoms with Gasteiger partial charge in [-0.1, -0.05) is 18.2 Å². The molecule has 1 unspecified atom stereocenters. The number of rotatable bonds is 8. The molecule has 2 aromatic heterocycles. The van der Waals surface area contributed by atoms with Crippen molar-refractivity contribution in [2.45, 2.75) is 44.6 Å². The first-order valence-corrected chi connectivity index (χ1v) is 12.5. The first-order valence-electron chi connectivity index (χ1n) is 12.5. The fourth-order valence-electron chi connectivity index (χ4n) is 4.72. The molecule has 194 valence electrons. The highest BCUT2D eigenvalue weighted by Crippen LogP contribution is 2.25. The van der Waals surface area contributed by atoms with Crippen LogP contribution in [0.3, 0.4) is 0 Å². The number of fused-ring (bicyclic) bond motifs is 1. The van der Waals surface area contributed by atoms with Crippen LogP contribution in [0, 0.1) is 0 Å². The van der Waals surface area contributed by atoms with Gasteiger partial charge >= 0.3 is 6.09 Å². The van der Waals surface area contributed by atoms with Crippen LogP contribution in [0.1, 0.15) is 37.0 Å². The Kier molecular flexibility index (Phi) is 7.79. The summed E-state index contributed by atoms with van der Waals surface area (Å²) in [6.45, 7) is 2.59. The number of amides is 2. The molecule has 4 heterocycles. The number of carbonyl (C=O) groups excluding carboxylic acids is 1. The third kappa shape index (κ3) is 6.34. The minimum Gasteiger partial charge on any atom is -0.465 e. The van der Waals surface area contributed by atoms with Crippen LogP contribution in [0.25, 0.3) is 17.0 Å². The number of hydrogen-bond acceptors (Lipinski definition) is 7. The van der Waals surface area contributed by atoms with Crippen molar-refractivity contribution in [3.8, 4) is 0 Å². The zero-order valence-electron chi connectivity index (χ0n) is 20.4. The zero-order valence-corrected chi connectivity index (χ0v) is 20.4. The van der Waals surface area contributed by atoms with Crippen molar-refractivity contribution < 1.29 is 28.7 Å². The maximum Gasteiger partial charge on any atom is 0.413 e. The summed E-state index contributed by atoms with van der Waals surface area (Å²) in [5.41, 5.74) is 3.88. The predicted octanol–water partition coefficient (Wildman–Crippen LogP) is 4.17. The number of furan rings is 1. The van der Waals surface area contributed by atoms with Gasteiger partial charge in [0, 0.05) is 43.8 Å². The average Bonchev–Trinajstić information content (AvgIpc) is 3.54. The fourth-order valence-corrected chi connectivity index (χ4v) is 4.72. The smallest absolute Gasteiger partial charge is 0.413 e. The van der Waals surface area contributed by atoms with E-state index in [1.165, 1.54) is 11.0 Å². The van der Waals surface area contributed by atoms with Gasteiger partial charge in [-0.2, -0.15) is 0 Å². The van der Waals surface area contributed by atoms with Crippen LogP contribution in [0.15, 0.2) is 59.2 Å². The molecule has 2 aliphatic heterocycles. The molecule has 5 rings (SSSR count). The Morgan fingerprint density at radius 3 is 2.86 bits per heavy atom. The van der Waals surface area contributed by atoms with Crippen molar-refractivity contribution in [3.05, 3.63) is 66.1 Å². The molecule has 0 aliphatic carbocycles. The highest BCUT2D eigenvalue weighted by molar-refractivity contribution is 5.91. The zero-order chi connectivity index (χ0) is 25.6. The van der Waals surface area contributed by atoms with Crippen LogP contribution < -0.4 is 10.4 Å². The van der Waals surface area contributed by atoms with Crippen LogP contribution in [0.2, 0.25) is 0 Å². The standard InChI is InChI=1S/C27H30N4O6/c32-25(29-37-26-7-3-4-14-35-26)11-9-19-8-10-24(28-16-19)31(27(33)34)21-12-13-30(17-21)18-22-15-20-5-1-2-6-23(20)36-22/h1-2,5-6,8-11,15-16,21,26H,3-4,7,12-14,17-18H2,(H,29,32)(H,33,34)/t21-,26?/m1/s1. The van der Waals surface area contributed by atoms with Crippen LogP contribution in [0.5, 0.6) is 0 Å². The largest absolute Gasteiger partial charge is 0.465 e. The molecule has 37 heavy (non-hydrogen) atoms. The molecule has 0 bridgehead atoms. The SMILES string of the molecule is O=C(C=Cc1ccc(N(C(=O)O)[C@@H]2CCN(Cc3cc4ccccc4o3)C2)nc1)NOC1CCCCO1. The van der Waals surface area contributed by atoms with Gasteiger partial charge in [0.1, 0.15) is 17.2 Å². The van der Waals surface area contributed by atoms with E-state index < -0.39 is 18.3 Å². The number of likely N-dealkylation sites (tertiary alicyclic amines) is 1. The van der Waals surface area contributed by atoms with Gasteiger partial charge < -0.3 is 14.3 Å². The van der Waals surface area contributed by atoms with Crippen molar-refractivity contribution in [3.63, 3.8) is 0 Å². The summed E-state index contributed by atoms with van der Waals surface area (Å²) >= 11 is 0. The average molecular weight is 507 g/mol. The lowest BCUT2D eigenvalue weighted by atomic mass is 10.2. The minimum atomic E-state index is -1.05. The molecule has 2 aliphatic rings. The molecule has 1 aromatic carbocycles. The topological polar surface area (TPSA) is 117 Å². The number of carboxylic acid groups (broad SMARTS) is 1. The molecule has 0 spiro atoms. The van der Waals surface area contributed by atoms with E-state index in [2.05, 4.69) is 15.4 Å². The molecule has 2 atom stereocenters. The number of nitrogens with one attached hydrogen (secondary N) is 1. The fraction of sp³-hybridized carbons (Fsp3) is 0.370. The molecule has 0 saturated carbocycles. The Morgan fingerprint density at radius 1 is 1.22 bits per heavy atom. The molecular formula is C27H30N4O6. The molecule has 0 radical (unpaired) electrons. The Balaban J connectivity index is 1.16. The van der Waals surface area contributed by atoms with E-state index in [1.54, 1.807) is 24.4 Å². The van der Waals surface area contributed by atoms with Crippen molar-refractivity contribution in [1.29, 1.82) is 0 Å². The number of ether oxygens (including phenoxy) is 1. The Hall–Kier alpha value is -3.73. The second kappa shape index (κ2) is 11.5. The van der Waals surface area contributed by atoms with Gasteiger partial charge in [0.25, 0.3) is 5.91 Å². The Labute approximate surface area is 214 Å². The van der Waals surface area contributed by atoms with Crippen molar-refractivity contribution in [2.75, 3.05) is 24.6 Å². The summed E-state index contributed by atoms with van der Waals surface area (Å²) in [6.07, 6.45) is 6.44. The number of carbonyl (C=O) groups is 2. The van der Waals surface area contributed by atoms with E-state index in [1.807, 2.05) is 30.3 Å². The van der Waals surface area contributed by atoms with Gasteiger partial charge in [-0.15, -0.1) is 0 Å². The van der Waals surface area contributed by atoms with E-state index in [-0.39, 0.29) is 6.04 Å². The van der Waals surface area contributed by atoms with Gasteiger partial charge in [-0.3, -0.25) is 14.6 Å². The molecule has 10 heteroatoms. The first kappa shape index (κ1) is 24.9. The van der Waals surface area contributed by atoms with E-state index in [4.69, 9.17) is 14.0 Å². The second-order valence-electron chi connectivity index (χ2n) is 9.24. The van der Waals surface area contributed by atoms with Gasteiger partial charge in [0.15, 0.2) is 6.29 Å². The van der Waals surface area contributed by atoms with E-state index >= 15 is 0 Å². The summed E-state index contributed by atoms with van der Waals surface area (Å²) in [5.74, 6) is 0.794. The molecule has 2 N–H and O–H groups in total. The third-order valence-electron chi connectivity index (χ3n) is 6.55. The van der Waals surface area contributed by atoms with E-state index in [9.17, 15) is 14.7 Å². The second-order valence-corrected chi connectivity index (χ2v) is 9.24. The Bertz CT molecular complexity index is 1220. The molecular weight excluding hydrogens is 476 g/mol. The maximum absolute atomic E-state index is 12.1. The summed E-state index contributed by atoms with van der Waals surface area (Å²) in [6, 6.07) is 13.1. The summed E-state index contributed by atoms with van der Waals surface area (Å²) < 4.78 is 11.3. The first-order chi connectivity index (χ1) is 18.0. The van der Waals surface area contributed by atoms with Gasteiger partial charge in [0.2, 0.25) is 0 Å². The van der Waals surface area contributed by atoms with Gasteiger partial charge in [-0.05, 0) is 55.2 Å². The van der Waals surface area contributed by atoms with Gasteiger partial charge in [-0.25, -0.2) is 20.1 Å². The van der Waals surface area contributed by atoms with Crippen LogP contribution in [-0.4, -0.2) is 59.0 Å². The number of pyridine rings is 1. The lowest BCUT2D eigenvalue weighted by molar-refractivity contribution is -0.198. The van der Waals surface area contributed by atoms with E-state index in [0.717, 1.165) is 42.5 Å². The minimum absolute atomic E-state index is 0.222. The molecule has 3 aromatic rings. The van der Waals surface area contributed by atoms with Crippen LogP contribution in [0.4, 0.5) is 10.6 Å². The highest BCUT2D eigenvalue weighted by atomic mass is 16.8. The molecule has 2 fully saturated rings. The summed E-state index contributed by atoms with van der Waals surface area (Å²) in [7, 11) is 0. The molecule has 2 saturated heterocycles. The normalized spacial score (nSPS) is 20.4.